The number of nitrogens with zero attached hydrogens (tertiary/aromatic N) is 16. The van der Waals surface area contributed by atoms with E-state index in [0.717, 1.165) is 0 Å². The summed E-state index contributed by atoms with van der Waals surface area (Å²) in [5.74, 6) is -0.822. The summed E-state index contributed by atoms with van der Waals surface area (Å²) in [6, 6.07) is 0. The topological polar surface area (TPSA) is 1070 Å². The maximum Gasteiger partial charge on any atom is 0.490 e. The molecule has 22 unspecified atom stereocenters. The lowest BCUT2D eigenvalue weighted by molar-refractivity contribution is -0.0577. The molecule has 4 fully saturated rings. The number of ether oxygens (including phenoxy) is 6. The van der Waals surface area contributed by atoms with Gasteiger partial charge in [-0.1, -0.05) is 13.8 Å². The molecule has 30 N–H and O–H groups in total. The highest BCUT2D eigenvalue weighted by Gasteiger charge is 2.51. The first kappa shape index (κ1) is 104. The molecule has 4 aliphatic rings. The number of fused-ring (bicyclic) bond motifs is 4. The number of anilines is 6. The van der Waals surface area contributed by atoms with E-state index in [1.165, 1.54) is 72.8 Å². The van der Waals surface area contributed by atoms with Crippen molar-refractivity contribution >= 4 is 174 Å². The number of nitrogen functional groups attached to an aromatic ring is 6. The van der Waals surface area contributed by atoms with Gasteiger partial charge < -0.3 is 151 Å². The van der Waals surface area contributed by atoms with Crippen molar-refractivity contribution in [2.45, 2.75) is 100 Å². The predicted molar refractivity (Wildman–Crippen MR) is 404 cm³/mol. The van der Waals surface area contributed by atoms with Gasteiger partial charge in [-0.2, -0.15) is 54.4 Å². The Morgan fingerprint density at radius 1 is 0.365 bits per heavy atom. The molecule has 4 saturated heterocycles. The molecule has 0 aliphatic carbocycles. The van der Waals surface area contributed by atoms with Crippen LogP contribution in [0.25, 0.3) is 44.7 Å². The van der Waals surface area contributed by atoms with Gasteiger partial charge in [-0.05, 0) is 12.3 Å². The van der Waals surface area contributed by atoms with E-state index in [1.54, 1.807) is 11.5 Å². The third kappa shape index (κ3) is 28.7. The first-order valence-electron chi connectivity index (χ1n) is 33.3. The number of aliphatic hydroxyl groups excluding tert-OH is 2. The molecule has 0 saturated carbocycles. The smallest absolute Gasteiger partial charge is 0.388 e. The molecular weight excluding hydrogens is 1980 g/mol. The van der Waals surface area contributed by atoms with E-state index in [2.05, 4.69) is 112 Å². The van der Waals surface area contributed by atoms with E-state index in [9.17, 15) is 94.4 Å². The van der Waals surface area contributed by atoms with Gasteiger partial charge in [-0.25, -0.2) is 94.7 Å². The number of aliphatic hydroxyl groups is 2. The third-order valence-corrected chi connectivity index (χ3v) is 31.6. The Morgan fingerprint density at radius 2 is 0.714 bits per heavy atom. The van der Waals surface area contributed by atoms with Gasteiger partial charge in [0.2, 0.25) is 11.9 Å². The van der Waals surface area contributed by atoms with Crippen molar-refractivity contribution in [3.05, 3.63) is 38.0 Å². The molecule has 12 rings (SSSR count). The van der Waals surface area contributed by atoms with Crippen molar-refractivity contribution in [1.82, 2.24) is 78.1 Å². The summed E-state index contributed by atoms with van der Waals surface area (Å²) >= 11 is 0. The maximum absolute atomic E-state index is 11.9. The van der Waals surface area contributed by atoms with E-state index in [4.69, 9.17) is 112 Å². The second kappa shape index (κ2) is 40.0. The number of aromatic nitrogens is 16. The largest absolute Gasteiger partial charge is 0.490 e. The van der Waals surface area contributed by atoms with Crippen LogP contribution in [-0.4, -0.2) is 256 Å². The lowest BCUT2D eigenvalue weighted by atomic mass is 10.0. The number of rotatable bonds is 34. The summed E-state index contributed by atoms with van der Waals surface area (Å²) in [6.07, 6.45) is -3.47. The number of imidazole rings is 4. The van der Waals surface area contributed by atoms with Crippen molar-refractivity contribution in [2.75, 3.05) is 75.0 Å². The van der Waals surface area contributed by atoms with Gasteiger partial charge in [-0.3, -0.25) is 36.4 Å². The fraction of sp³-hybridized carbons (Fsp3) is 0.545. The normalized spacial score (nSPS) is 27.0. The first-order valence-corrected chi connectivity index (χ1v) is 51.4. The van der Waals surface area contributed by atoms with Crippen LogP contribution in [0, 0.1) is 11.8 Å². The van der Waals surface area contributed by atoms with Crippen LogP contribution in [0.5, 0.6) is 0 Å². The first-order chi connectivity index (χ1) is 57.8. The van der Waals surface area contributed by atoms with Crippen LogP contribution in [0.3, 0.4) is 0 Å². The fourth-order valence-electron chi connectivity index (χ4n) is 11.5. The molecule has 82 heteroatoms. The van der Waals surface area contributed by atoms with Gasteiger partial charge in [-0.15, -0.1) is 0 Å². The van der Waals surface area contributed by atoms with Gasteiger partial charge in [0.05, 0.1) is 70.0 Å². The van der Waals surface area contributed by atoms with Crippen molar-refractivity contribution in [1.29, 1.82) is 0 Å². The molecular formula is C44H74N22O48P12. The Morgan fingerprint density at radius 3 is 1.11 bits per heavy atom. The molecule has 0 aromatic carbocycles. The second-order valence-electron chi connectivity index (χ2n) is 25.5. The van der Waals surface area contributed by atoms with Gasteiger partial charge in [0.15, 0.2) is 64.5 Å². The predicted octanol–water partition coefficient (Wildman–Crippen LogP) is -1.43. The van der Waals surface area contributed by atoms with Crippen LogP contribution in [0.4, 0.5) is 35.2 Å². The van der Waals surface area contributed by atoms with Crippen LogP contribution < -0.4 is 34.4 Å². The Bertz CT molecular complexity index is 5880. The minimum atomic E-state index is -5.70. The monoisotopic (exact) mass is 2050 g/mol. The molecule has 8 aromatic rings. The van der Waals surface area contributed by atoms with Crippen molar-refractivity contribution in [2.24, 2.45) is 11.8 Å². The number of nitrogens with two attached hydrogens (primary N) is 6. The SMILES string of the molecule is CC1C(COP(=O)(O)OP(=O)(O)OP(=O)(O)O)OC(n2cnc3c(N)ncnc32)C1O.CC1CC(n2cnc3c(N)ncnc32)OC1COP(=O)(O)OP(=O)(O)OP(=O)(O)O.COC1C(O)C(COP(=O)(O)OP(=O)(O)OP(=O)(O)O)OC1n1cnc2c(N)nc(N)nc21.COC1CC(COP(=O)(O)OP(=O)(O)OP(=O)(O)O)OC1n1cnc2c(N)nc(N)nc21. The summed E-state index contributed by atoms with van der Waals surface area (Å²) < 4.78 is 222. The van der Waals surface area contributed by atoms with E-state index in [-0.39, 0.29) is 81.0 Å². The minimum absolute atomic E-state index is 0.0204. The standard InChI is InChI=1S/C11H19N6O13P3.C11H19N6O12P3.C11H18N5O12P3.C11H18N5O11P3/c1-26-7-6(18)4(2-27-32(22,23)30-33(24,25)29-31(19,20)21)28-10(7)17-3-14-5-8(12)15-11(13)16-9(5)17;1-25-6-2-5(3-26-31(21,22)29-32(23,24)28-30(18,19)20)27-10(6)17-4-14-7-8(12)15-11(13)16-9(7)17;1-5-6(2-25-30(21,22)28-31(23,24)27-29(18,19)20)26-11(8(5)17)16-4-15-7-9(12)13-3-14-10(7)16;1-6-2-8(16-5-15-9-10(12)13-4-14-11(9)16)25-7(6)3-24-29(20,21)27-30(22,23)26-28(17,18)19/h3-4,6-7,10,18H,2H2,1H3,(H,22,23)(H,24,25)(H2,19,20,21)(H4,12,13,15,16);4-6,10H,2-3H2,1H3,(H,21,22)(H,23,24)(H2,18,19,20)(H4,12,13,15,16);3-6,8,11,17H,2H2,1H3,(H,21,22)(H,23,24)(H2,12,13,14)(H2,18,19,20);4-8H,2-3H2,1H3,(H,20,21)(H,22,23)(H2,12,13,14)(H2,17,18,19). The molecule has 0 radical (unpaired) electrons. The molecule has 0 spiro atoms. The number of methoxy groups -OCH3 is 2. The van der Waals surface area contributed by atoms with Gasteiger partial charge >= 0.3 is 93.9 Å². The minimum Gasteiger partial charge on any atom is -0.388 e. The summed E-state index contributed by atoms with van der Waals surface area (Å²) in [5.41, 5.74) is 36.3. The molecule has 12 heterocycles. The summed E-state index contributed by atoms with van der Waals surface area (Å²) in [5, 5.41) is 21.0. The highest BCUT2D eigenvalue weighted by molar-refractivity contribution is 7.68. The van der Waals surface area contributed by atoms with E-state index in [0.29, 0.717) is 17.6 Å². The highest BCUT2D eigenvalue weighted by atomic mass is 31.3. The summed E-state index contributed by atoms with van der Waals surface area (Å²) in [4.78, 5) is 191. The average Bonchev–Trinajstić information content (AvgIpc) is 1.62. The summed E-state index contributed by atoms with van der Waals surface area (Å²) in [6.45, 7) is 0.540. The molecule has 22 atom stereocenters. The van der Waals surface area contributed by atoms with E-state index < -0.39 is 200 Å². The van der Waals surface area contributed by atoms with Gasteiger partial charge in [0.25, 0.3) is 0 Å². The van der Waals surface area contributed by atoms with Crippen LogP contribution in [0.15, 0.2) is 38.0 Å². The highest BCUT2D eigenvalue weighted by Crippen LogP contribution is 2.70. The molecule has 70 nitrogen and oxygen atoms in total. The lowest BCUT2D eigenvalue weighted by Crippen LogP contribution is -2.35. The average molecular weight is 2050 g/mol. The van der Waals surface area contributed by atoms with E-state index >= 15 is 0 Å². The summed E-state index contributed by atoms with van der Waals surface area (Å²) in [7, 11) is -63.2. The van der Waals surface area contributed by atoms with Crippen molar-refractivity contribution in [3.8, 4) is 0 Å². The maximum atomic E-state index is 11.9. The molecule has 0 bridgehead atoms. The van der Waals surface area contributed by atoms with Crippen LogP contribution in [0.1, 0.15) is 51.6 Å². The Balaban J connectivity index is 0.000000190. The lowest BCUT2D eigenvalue weighted by Gasteiger charge is -2.20. The number of phosphoric acid groups is 12. The van der Waals surface area contributed by atoms with Crippen LogP contribution in [-0.2, 0) is 136 Å². The number of hydrogen-bond acceptors (Lipinski definition) is 50. The van der Waals surface area contributed by atoms with E-state index in [1.807, 2.05) is 0 Å². The molecule has 126 heavy (non-hydrogen) atoms. The van der Waals surface area contributed by atoms with Gasteiger partial charge in [0, 0.05) is 26.6 Å². The third-order valence-electron chi connectivity index (χ3n) is 16.4. The molecule has 708 valence electrons. The number of hydrogen-bond donors (Lipinski definition) is 24. The van der Waals surface area contributed by atoms with Crippen LogP contribution >= 0.6 is 93.9 Å². The Kier molecular flexibility index (Phi) is 33.0. The fourth-order valence-corrected chi connectivity index (χ4v) is 23.6. The molecule has 0 amide bonds. The molecule has 8 aromatic heterocycles. The van der Waals surface area contributed by atoms with Gasteiger partial charge in [0.1, 0.15) is 71.5 Å². The Labute approximate surface area is 698 Å². The second-order valence-corrected chi connectivity index (χ2v) is 43.1. The Hall–Kier alpha value is -5.68. The van der Waals surface area contributed by atoms with Crippen molar-refractivity contribution < 1.29 is 224 Å². The number of phosphoric ester groups is 4. The van der Waals surface area contributed by atoms with Crippen LogP contribution in [0.2, 0.25) is 0 Å². The zero-order valence-corrected chi connectivity index (χ0v) is 73.8. The quantitative estimate of drug-likeness (QED) is 0.0206. The zero-order chi connectivity index (χ0) is 94.2. The van der Waals surface area contributed by atoms with Crippen molar-refractivity contribution in [3.63, 3.8) is 0 Å². The molecule has 4 aliphatic heterocycles. The zero-order valence-electron chi connectivity index (χ0n) is 63.1.